The lowest BCUT2D eigenvalue weighted by Crippen LogP contribution is -2.36. The third-order valence-electron chi connectivity index (χ3n) is 6.04. The number of hydrogen-bond donors (Lipinski definition) is 3. The van der Waals surface area contributed by atoms with Gasteiger partial charge in [0.15, 0.2) is 5.69 Å². The Hall–Kier alpha value is -4.05. The Kier molecular flexibility index (Phi) is 8.21. The number of aromatic carboxylic acids is 1. The lowest BCUT2D eigenvalue weighted by atomic mass is 9.99. The molecule has 9 nitrogen and oxygen atoms in total. The first-order valence-electron chi connectivity index (χ1n) is 11.4. The number of carbonyl (C=O) groups excluding carboxylic acids is 2. The van der Waals surface area contributed by atoms with Crippen molar-refractivity contribution in [2.45, 2.75) is 39.9 Å². The number of rotatable bonds is 10. The van der Waals surface area contributed by atoms with Gasteiger partial charge in [0, 0.05) is 37.9 Å². The van der Waals surface area contributed by atoms with Gasteiger partial charge in [0.25, 0.3) is 5.91 Å². The molecule has 0 aliphatic rings. The van der Waals surface area contributed by atoms with Crippen molar-refractivity contribution in [3.05, 3.63) is 87.5 Å². The number of halogens is 1. The summed E-state index contributed by atoms with van der Waals surface area (Å²) in [7, 11) is 1.69. The molecule has 1 atom stereocenters. The van der Waals surface area contributed by atoms with Gasteiger partial charge in [-0.05, 0) is 55.2 Å². The maximum atomic E-state index is 13.5. The van der Waals surface area contributed by atoms with Crippen molar-refractivity contribution in [2.24, 2.45) is 12.8 Å². The molecule has 3 rings (SSSR count). The van der Waals surface area contributed by atoms with Crippen LogP contribution in [-0.4, -0.2) is 44.1 Å². The summed E-state index contributed by atoms with van der Waals surface area (Å²) in [6, 6.07) is 9.33. The fourth-order valence-corrected chi connectivity index (χ4v) is 4.07. The van der Waals surface area contributed by atoms with E-state index in [-0.39, 0.29) is 42.8 Å². The Morgan fingerprint density at radius 1 is 1.17 bits per heavy atom. The Labute approximate surface area is 208 Å². The van der Waals surface area contributed by atoms with E-state index in [1.807, 2.05) is 6.92 Å². The first-order valence-corrected chi connectivity index (χ1v) is 11.4. The number of aryl methyl sites for hydroxylation is 3. The van der Waals surface area contributed by atoms with Gasteiger partial charge in [0.05, 0.1) is 12.1 Å². The molecule has 0 radical (unpaired) electrons. The maximum Gasteiger partial charge on any atom is 0.335 e. The highest BCUT2D eigenvalue weighted by Gasteiger charge is 2.24. The number of nitrogens with two attached hydrogens (primary N) is 1. The number of hydrogen-bond acceptors (Lipinski definition) is 5. The van der Waals surface area contributed by atoms with Gasteiger partial charge in [-0.2, -0.15) is 5.10 Å². The highest BCUT2D eigenvalue weighted by molar-refractivity contribution is 5.93. The molecule has 1 heterocycles. The first-order chi connectivity index (χ1) is 17.0. The zero-order chi connectivity index (χ0) is 26.6. The third kappa shape index (κ3) is 6.33. The van der Waals surface area contributed by atoms with Gasteiger partial charge >= 0.3 is 5.97 Å². The normalized spacial score (nSPS) is 11.9. The number of amides is 2. The summed E-state index contributed by atoms with van der Waals surface area (Å²) in [4.78, 5) is 38.0. The Balaban J connectivity index is 1.82. The van der Waals surface area contributed by atoms with Gasteiger partial charge in [-0.15, -0.1) is 0 Å². The van der Waals surface area contributed by atoms with E-state index in [1.54, 1.807) is 56.3 Å². The second-order valence-corrected chi connectivity index (χ2v) is 8.87. The largest absolute Gasteiger partial charge is 0.478 e. The molecule has 0 aliphatic heterocycles. The van der Waals surface area contributed by atoms with E-state index >= 15 is 0 Å². The predicted molar refractivity (Wildman–Crippen MR) is 132 cm³/mol. The Bertz CT molecular complexity index is 1300. The molecule has 0 saturated carbocycles. The summed E-state index contributed by atoms with van der Waals surface area (Å²) in [6.45, 7) is 5.58. The molecule has 0 aliphatic carbocycles. The summed E-state index contributed by atoms with van der Waals surface area (Å²) in [5.41, 5.74) is 9.16. The maximum absolute atomic E-state index is 13.5. The van der Waals surface area contributed by atoms with Gasteiger partial charge in [0.2, 0.25) is 5.91 Å². The average molecular weight is 496 g/mol. The SMILES string of the molecule is Cc1cc(CNC(=O)c2nn(C)cc2CN(CC(N)=O)[C@@H](C)c2ccc(C(=O)O)c(C)c2)ccc1F. The van der Waals surface area contributed by atoms with Gasteiger partial charge in [-0.25, -0.2) is 9.18 Å². The summed E-state index contributed by atoms with van der Waals surface area (Å²) < 4.78 is 15.1. The molecule has 0 unspecified atom stereocenters. The van der Waals surface area contributed by atoms with Crippen LogP contribution < -0.4 is 11.1 Å². The highest BCUT2D eigenvalue weighted by atomic mass is 19.1. The molecule has 4 N–H and O–H groups in total. The highest BCUT2D eigenvalue weighted by Crippen LogP contribution is 2.25. The van der Waals surface area contributed by atoms with E-state index in [0.717, 1.165) is 11.1 Å². The molecular weight excluding hydrogens is 465 g/mol. The van der Waals surface area contributed by atoms with Crippen LogP contribution in [-0.2, 0) is 24.9 Å². The molecule has 0 fully saturated rings. The molecular formula is C26H30FN5O4. The molecule has 0 saturated heterocycles. The smallest absolute Gasteiger partial charge is 0.335 e. The van der Waals surface area contributed by atoms with Crippen molar-refractivity contribution >= 4 is 17.8 Å². The minimum Gasteiger partial charge on any atom is -0.478 e. The van der Waals surface area contributed by atoms with Crippen molar-refractivity contribution in [3.8, 4) is 0 Å². The molecule has 2 aromatic carbocycles. The third-order valence-corrected chi connectivity index (χ3v) is 6.04. The van der Waals surface area contributed by atoms with Gasteiger partial charge in [-0.3, -0.25) is 19.2 Å². The summed E-state index contributed by atoms with van der Waals surface area (Å²) in [5.74, 6) is -2.26. The topological polar surface area (TPSA) is 131 Å². The number of carbonyl (C=O) groups is 3. The summed E-state index contributed by atoms with van der Waals surface area (Å²) in [6.07, 6.45) is 1.70. The molecule has 0 bridgehead atoms. The number of nitrogens with one attached hydrogen (secondary N) is 1. The van der Waals surface area contributed by atoms with E-state index < -0.39 is 17.8 Å². The molecule has 190 valence electrons. The number of carboxylic acids is 1. The lowest BCUT2D eigenvalue weighted by molar-refractivity contribution is -0.119. The van der Waals surface area contributed by atoms with E-state index in [0.29, 0.717) is 16.7 Å². The van der Waals surface area contributed by atoms with Crippen LogP contribution in [0, 0.1) is 19.7 Å². The monoisotopic (exact) mass is 495 g/mol. The number of benzene rings is 2. The van der Waals surface area contributed by atoms with Crippen LogP contribution in [0.5, 0.6) is 0 Å². The molecule has 2 amide bonds. The molecule has 36 heavy (non-hydrogen) atoms. The van der Waals surface area contributed by atoms with Crippen molar-refractivity contribution in [1.82, 2.24) is 20.0 Å². The summed E-state index contributed by atoms with van der Waals surface area (Å²) in [5, 5.41) is 16.4. The van der Waals surface area contributed by atoms with Crippen LogP contribution in [0.25, 0.3) is 0 Å². The fraction of sp³-hybridized carbons (Fsp3) is 0.308. The molecule has 0 spiro atoms. The van der Waals surface area contributed by atoms with E-state index in [1.165, 1.54) is 16.8 Å². The van der Waals surface area contributed by atoms with Crippen LogP contribution in [0.1, 0.15) is 61.6 Å². The van der Waals surface area contributed by atoms with Crippen LogP contribution in [0.3, 0.4) is 0 Å². The van der Waals surface area contributed by atoms with E-state index in [9.17, 15) is 23.9 Å². The molecule has 10 heteroatoms. The van der Waals surface area contributed by atoms with Crippen molar-refractivity contribution in [1.29, 1.82) is 0 Å². The van der Waals surface area contributed by atoms with Crippen LogP contribution in [0.15, 0.2) is 42.6 Å². The summed E-state index contributed by atoms with van der Waals surface area (Å²) >= 11 is 0. The van der Waals surface area contributed by atoms with E-state index in [2.05, 4.69) is 10.4 Å². The van der Waals surface area contributed by atoms with Gasteiger partial charge < -0.3 is 16.2 Å². The average Bonchev–Trinajstić information content (AvgIpc) is 3.18. The number of aromatic nitrogens is 2. The minimum absolute atomic E-state index is 0.0777. The molecule has 1 aromatic heterocycles. The minimum atomic E-state index is -1.01. The van der Waals surface area contributed by atoms with Crippen LogP contribution >= 0.6 is 0 Å². The predicted octanol–water partition coefficient (Wildman–Crippen LogP) is 2.85. The zero-order valence-electron chi connectivity index (χ0n) is 20.7. The second-order valence-electron chi connectivity index (χ2n) is 8.87. The number of carboxylic acid groups (broad SMARTS) is 1. The molecule has 3 aromatic rings. The van der Waals surface area contributed by atoms with Crippen molar-refractivity contribution in [3.63, 3.8) is 0 Å². The Morgan fingerprint density at radius 3 is 2.50 bits per heavy atom. The zero-order valence-corrected chi connectivity index (χ0v) is 20.7. The first kappa shape index (κ1) is 26.6. The Morgan fingerprint density at radius 2 is 1.89 bits per heavy atom. The second kappa shape index (κ2) is 11.1. The van der Waals surface area contributed by atoms with Gasteiger partial charge in [-0.1, -0.05) is 24.3 Å². The lowest BCUT2D eigenvalue weighted by Gasteiger charge is -2.28. The van der Waals surface area contributed by atoms with E-state index in [4.69, 9.17) is 5.73 Å². The van der Waals surface area contributed by atoms with Crippen molar-refractivity contribution < 1.29 is 23.9 Å². The van der Waals surface area contributed by atoms with Crippen molar-refractivity contribution in [2.75, 3.05) is 6.54 Å². The quantitative estimate of drug-likeness (QED) is 0.397. The number of nitrogens with zero attached hydrogens (tertiary/aromatic N) is 3. The number of primary amides is 1. The fourth-order valence-electron chi connectivity index (χ4n) is 4.07. The van der Waals surface area contributed by atoms with Crippen LogP contribution in [0.2, 0.25) is 0 Å². The van der Waals surface area contributed by atoms with Crippen LogP contribution in [0.4, 0.5) is 4.39 Å². The van der Waals surface area contributed by atoms with Gasteiger partial charge in [0.1, 0.15) is 5.82 Å². The standard InChI is InChI=1S/C26H30FN5O4/c1-15-10-19(6-7-21(15)26(35)36)17(3)32(14-23(28)33)13-20-12-31(4)30-24(20)25(34)29-11-18-5-8-22(27)16(2)9-18/h5-10,12,17H,11,13-14H2,1-4H3,(H2,28,33)(H,29,34)(H,35,36)/t17-/m0/s1.